The lowest BCUT2D eigenvalue weighted by Gasteiger charge is -2.06. The first-order valence-corrected chi connectivity index (χ1v) is 5.86. The summed E-state index contributed by atoms with van der Waals surface area (Å²) in [5, 5.41) is 4.20. The molecule has 2 rings (SSSR count). The summed E-state index contributed by atoms with van der Waals surface area (Å²) >= 11 is 1.53. The van der Waals surface area contributed by atoms with Gasteiger partial charge in [0.1, 0.15) is 0 Å². The molecule has 1 amide bonds. The number of thiophene rings is 1. The van der Waals surface area contributed by atoms with Crippen LogP contribution in [0.3, 0.4) is 0 Å². The predicted octanol–water partition coefficient (Wildman–Crippen LogP) is 2.64. The number of rotatable bonds is 2. The van der Waals surface area contributed by atoms with Gasteiger partial charge in [-0.3, -0.25) is 4.79 Å². The zero-order chi connectivity index (χ0) is 11.7. The Morgan fingerprint density at radius 2 is 2.06 bits per heavy atom. The third kappa shape index (κ3) is 1.88. The van der Waals surface area contributed by atoms with Crippen LogP contribution in [0.4, 0.5) is 5.69 Å². The van der Waals surface area contributed by atoms with Crippen molar-refractivity contribution in [3.05, 3.63) is 29.1 Å². The van der Waals surface area contributed by atoms with Crippen LogP contribution in [0.1, 0.15) is 9.67 Å². The van der Waals surface area contributed by atoms with Crippen molar-refractivity contribution < 1.29 is 4.79 Å². The van der Waals surface area contributed by atoms with Gasteiger partial charge in [0.2, 0.25) is 0 Å². The number of carbonyl (C=O) groups is 1. The number of hydrogen-bond acceptors (Lipinski definition) is 3. The van der Waals surface area contributed by atoms with Crippen LogP contribution in [-0.2, 0) is 0 Å². The van der Waals surface area contributed by atoms with E-state index in [2.05, 4.69) is 11.4 Å². The Bertz CT molecular complexity index is 531. The Kier molecular flexibility index (Phi) is 2.83. The zero-order valence-electron chi connectivity index (χ0n) is 9.57. The summed E-state index contributed by atoms with van der Waals surface area (Å²) in [4.78, 5) is 14.2. The monoisotopic (exact) mass is 234 g/mol. The van der Waals surface area contributed by atoms with Crippen molar-refractivity contribution in [2.24, 2.45) is 0 Å². The highest BCUT2D eigenvalue weighted by molar-refractivity contribution is 7.20. The maximum Gasteiger partial charge on any atom is 0.263 e. The van der Waals surface area contributed by atoms with Gasteiger partial charge >= 0.3 is 0 Å². The number of fused-ring (bicyclic) bond motifs is 1. The molecule has 0 saturated carbocycles. The summed E-state index contributed by atoms with van der Waals surface area (Å²) < 4.78 is 1.14. The first-order chi connectivity index (χ1) is 7.61. The standard InChI is InChI=1S/C12H14N2OS/c1-13-9-4-5-10-8(6-9)7-11(16-10)12(15)14(2)3/h4-7,13H,1-3H3. The van der Waals surface area contributed by atoms with Gasteiger partial charge in [-0.05, 0) is 29.7 Å². The molecule has 0 radical (unpaired) electrons. The maximum atomic E-state index is 11.8. The van der Waals surface area contributed by atoms with Crippen molar-refractivity contribution in [2.45, 2.75) is 0 Å². The zero-order valence-corrected chi connectivity index (χ0v) is 10.4. The minimum atomic E-state index is 0.0622. The van der Waals surface area contributed by atoms with Gasteiger partial charge in [-0.25, -0.2) is 0 Å². The molecule has 0 aliphatic rings. The average molecular weight is 234 g/mol. The summed E-state index contributed by atoms with van der Waals surface area (Å²) in [7, 11) is 5.43. The van der Waals surface area contributed by atoms with Gasteiger partial charge in [0.25, 0.3) is 5.91 Å². The maximum absolute atomic E-state index is 11.8. The van der Waals surface area contributed by atoms with Crippen LogP contribution in [0.25, 0.3) is 10.1 Å². The van der Waals surface area contributed by atoms with Crippen molar-refractivity contribution in [1.29, 1.82) is 0 Å². The number of benzene rings is 1. The normalized spacial score (nSPS) is 10.4. The molecule has 1 heterocycles. The molecule has 3 nitrogen and oxygen atoms in total. The molecule has 0 spiro atoms. The minimum Gasteiger partial charge on any atom is -0.388 e. The molecule has 1 aromatic carbocycles. The molecule has 2 aromatic rings. The molecule has 16 heavy (non-hydrogen) atoms. The largest absolute Gasteiger partial charge is 0.388 e. The number of hydrogen-bond donors (Lipinski definition) is 1. The highest BCUT2D eigenvalue weighted by Gasteiger charge is 2.11. The van der Waals surface area contributed by atoms with Crippen LogP contribution >= 0.6 is 11.3 Å². The van der Waals surface area contributed by atoms with Gasteiger partial charge in [-0.2, -0.15) is 0 Å². The fourth-order valence-corrected chi connectivity index (χ4v) is 2.59. The van der Waals surface area contributed by atoms with Gasteiger partial charge in [0.15, 0.2) is 0 Å². The summed E-state index contributed by atoms with van der Waals surface area (Å²) in [5.74, 6) is 0.0622. The van der Waals surface area contributed by atoms with Crippen molar-refractivity contribution in [3.8, 4) is 0 Å². The van der Waals surface area contributed by atoms with E-state index in [1.165, 1.54) is 11.3 Å². The Balaban J connectivity index is 2.47. The quantitative estimate of drug-likeness (QED) is 0.866. The molecule has 0 aliphatic heterocycles. The van der Waals surface area contributed by atoms with E-state index in [9.17, 15) is 4.79 Å². The molecule has 0 bridgehead atoms. The molecule has 84 valence electrons. The van der Waals surface area contributed by atoms with Gasteiger partial charge in [-0.15, -0.1) is 11.3 Å². The van der Waals surface area contributed by atoms with Crippen molar-refractivity contribution in [1.82, 2.24) is 4.90 Å². The fraction of sp³-hybridized carbons (Fsp3) is 0.250. The molecular formula is C12H14N2OS. The van der Waals surface area contributed by atoms with E-state index in [4.69, 9.17) is 0 Å². The number of nitrogens with zero attached hydrogens (tertiary/aromatic N) is 1. The van der Waals surface area contributed by atoms with Crippen molar-refractivity contribution in [3.63, 3.8) is 0 Å². The van der Waals surface area contributed by atoms with E-state index in [1.807, 2.05) is 25.2 Å². The second-order valence-electron chi connectivity index (χ2n) is 3.81. The molecule has 0 atom stereocenters. The fourth-order valence-electron chi connectivity index (χ4n) is 1.52. The van der Waals surface area contributed by atoms with Crippen LogP contribution in [-0.4, -0.2) is 32.0 Å². The van der Waals surface area contributed by atoms with E-state index in [0.717, 1.165) is 20.7 Å². The summed E-state index contributed by atoms with van der Waals surface area (Å²) in [6.45, 7) is 0. The number of amides is 1. The van der Waals surface area contributed by atoms with Crippen LogP contribution in [0.15, 0.2) is 24.3 Å². The molecule has 4 heteroatoms. The highest BCUT2D eigenvalue weighted by atomic mass is 32.1. The third-order valence-corrected chi connectivity index (χ3v) is 3.53. The lowest BCUT2D eigenvalue weighted by molar-refractivity contribution is 0.0832. The second kappa shape index (κ2) is 4.14. The second-order valence-corrected chi connectivity index (χ2v) is 4.90. The Labute approximate surface area is 98.7 Å². The van der Waals surface area contributed by atoms with E-state index in [-0.39, 0.29) is 5.91 Å². The molecule has 1 N–H and O–H groups in total. The molecule has 0 unspecified atom stereocenters. The highest BCUT2D eigenvalue weighted by Crippen LogP contribution is 2.28. The molecule has 0 fully saturated rings. The minimum absolute atomic E-state index is 0.0622. The SMILES string of the molecule is CNc1ccc2sc(C(=O)N(C)C)cc2c1. The van der Waals surface area contributed by atoms with E-state index >= 15 is 0 Å². The van der Waals surface area contributed by atoms with Crippen LogP contribution in [0.5, 0.6) is 0 Å². The van der Waals surface area contributed by atoms with E-state index in [0.29, 0.717) is 0 Å². The van der Waals surface area contributed by atoms with Gasteiger partial charge in [0.05, 0.1) is 4.88 Å². The van der Waals surface area contributed by atoms with Crippen LogP contribution in [0.2, 0.25) is 0 Å². The smallest absolute Gasteiger partial charge is 0.263 e. The van der Waals surface area contributed by atoms with Crippen LogP contribution in [0, 0.1) is 0 Å². The average Bonchev–Trinajstić information content (AvgIpc) is 2.69. The topological polar surface area (TPSA) is 32.3 Å². The number of anilines is 1. The Hall–Kier alpha value is -1.55. The van der Waals surface area contributed by atoms with Crippen LogP contribution < -0.4 is 5.32 Å². The van der Waals surface area contributed by atoms with Crippen molar-refractivity contribution in [2.75, 3.05) is 26.5 Å². The lowest BCUT2D eigenvalue weighted by Crippen LogP contribution is -2.20. The Morgan fingerprint density at radius 3 is 2.69 bits per heavy atom. The predicted molar refractivity (Wildman–Crippen MR) is 69.4 cm³/mol. The summed E-state index contributed by atoms with van der Waals surface area (Å²) in [6, 6.07) is 8.06. The van der Waals surface area contributed by atoms with Gasteiger partial charge in [0, 0.05) is 31.5 Å². The van der Waals surface area contributed by atoms with Gasteiger partial charge in [-0.1, -0.05) is 0 Å². The molecular weight excluding hydrogens is 220 g/mol. The number of nitrogens with one attached hydrogen (secondary N) is 1. The Morgan fingerprint density at radius 1 is 1.31 bits per heavy atom. The molecule has 0 aliphatic carbocycles. The third-order valence-electron chi connectivity index (χ3n) is 2.42. The van der Waals surface area contributed by atoms with E-state index < -0.39 is 0 Å². The molecule has 1 aromatic heterocycles. The number of carbonyl (C=O) groups excluding carboxylic acids is 1. The van der Waals surface area contributed by atoms with Gasteiger partial charge < -0.3 is 10.2 Å². The van der Waals surface area contributed by atoms with Crippen molar-refractivity contribution >= 4 is 33.0 Å². The first-order valence-electron chi connectivity index (χ1n) is 5.05. The summed E-state index contributed by atoms with van der Waals surface area (Å²) in [6.07, 6.45) is 0. The van der Waals surface area contributed by atoms with E-state index in [1.54, 1.807) is 19.0 Å². The first kappa shape index (κ1) is 11.0. The lowest BCUT2D eigenvalue weighted by atomic mass is 10.2. The molecule has 0 saturated heterocycles. The summed E-state index contributed by atoms with van der Waals surface area (Å²) in [5.41, 5.74) is 1.06.